The maximum atomic E-state index is 12.9. The maximum absolute atomic E-state index is 12.9. The highest BCUT2D eigenvalue weighted by molar-refractivity contribution is 14.1. The van der Waals surface area contributed by atoms with Crippen molar-refractivity contribution in [2.45, 2.75) is 20.0 Å². The minimum absolute atomic E-state index is 0.139. The third-order valence-corrected chi connectivity index (χ3v) is 7.46. The molecule has 0 radical (unpaired) electrons. The van der Waals surface area contributed by atoms with E-state index < -0.39 is 5.97 Å². The molecule has 2 aromatic rings. The summed E-state index contributed by atoms with van der Waals surface area (Å²) in [5.74, 6) is -0.729. The van der Waals surface area contributed by atoms with E-state index >= 15 is 0 Å². The number of halogens is 1. The monoisotopic (exact) mass is 586 g/mol. The quantitative estimate of drug-likeness (QED) is 0.216. The van der Waals surface area contributed by atoms with Gasteiger partial charge >= 0.3 is 5.97 Å². The second-order valence-corrected chi connectivity index (χ2v) is 9.95. The van der Waals surface area contributed by atoms with Crippen molar-refractivity contribution >= 4 is 46.6 Å². The number of carbonyl (C=O) groups excluding carboxylic acids is 2. The third kappa shape index (κ3) is 4.33. The molecule has 35 heavy (non-hydrogen) atoms. The molecule has 2 aliphatic carbocycles. The summed E-state index contributed by atoms with van der Waals surface area (Å²) in [5, 5.41) is 14.5. The fraction of sp³-hybridized carbons (Fsp3) is 0.308. The highest BCUT2D eigenvalue weighted by Crippen LogP contribution is 2.52. The Balaban J connectivity index is 1.34. The Labute approximate surface area is 215 Å². The first kappa shape index (κ1) is 23.5. The standard InChI is InChI=1S/C26H23IN2O6/c1-2-34-20-10-15(9-19(27)23(20)35-13-14-4-3-5-18(8-14)26(32)33)12-28-29-24(30)21-16-6-7-17(11-16)22(21)25(29)31/h3-10,12,16-17,21-22H,2,11,13H2,1H3,(H,32,33)/t16-,17-,21-,22+/m0/s1. The largest absolute Gasteiger partial charge is 0.490 e. The van der Waals surface area contributed by atoms with Gasteiger partial charge in [0.2, 0.25) is 0 Å². The molecule has 1 heterocycles. The van der Waals surface area contributed by atoms with E-state index in [1.807, 2.05) is 13.0 Å². The molecule has 2 amide bonds. The number of hydrazone groups is 1. The van der Waals surface area contributed by atoms with Gasteiger partial charge in [0.25, 0.3) is 11.8 Å². The van der Waals surface area contributed by atoms with E-state index in [2.05, 4.69) is 39.8 Å². The molecular formula is C26H23IN2O6. The SMILES string of the molecule is CCOc1cc(C=NN2C(=O)[C@@H]3[C@H](C2=O)[C@H]2C=C[C@H]3C2)cc(I)c1OCc1cccc(C(=O)O)c1. The summed E-state index contributed by atoms with van der Waals surface area (Å²) in [4.78, 5) is 36.9. The molecule has 0 spiro atoms. The van der Waals surface area contributed by atoms with Gasteiger partial charge in [0.15, 0.2) is 11.5 Å². The number of aromatic carboxylic acids is 1. The number of ether oxygens (including phenoxy) is 2. The van der Waals surface area contributed by atoms with Crippen molar-refractivity contribution in [2.24, 2.45) is 28.8 Å². The molecule has 180 valence electrons. The zero-order valence-electron chi connectivity index (χ0n) is 18.9. The summed E-state index contributed by atoms with van der Waals surface area (Å²) in [6, 6.07) is 10.1. The van der Waals surface area contributed by atoms with Crippen LogP contribution in [0, 0.1) is 27.2 Å². The van der Waals surface area contributed by atoms with E-state index in [4.69, 9.17) is 9.47 Å². The minimum Gasteiger partial charge on any atom is -0.490 e. The molecule has 1 saturated carbocycles. The summed E-state index contributed by atoms with van der Waals surface area (Å²) < 4.78 is 12.5. The van der Waals surface area contributed by atoms with Crippen LogP contribution >= 0.6 is 22.6 Å². The number of nitrogens with zero attached hydrogens (tertiary/aromatic N) is 2. The van der Waals surface area contributed by atoms with Gasteiger partial charge in [-0.2, -0.15) is 10.1 Å². The van der Waals surface area contributed by atoms with Crippen LogP contribution in [0.5, 0.6) is 11.5 Å². The molecule has 1 saturated heterocycles. The first-order valence-electron chi connectivity index (χ1n) is 11.4. The van der Waals surface area contributed by atoms with Crippen molar-refractivity contribution in [1.82, 2.24) is 5.01 Å². The number of amides is 2. The second-order valence-electron chi connectivity index (χ2n) is 8.79. The van der Waals surface area contributed by atoms with Crippen LogP contribution in [0.1, 0.15) is 34.8 Å². The number of rotatable bonds is 8. The third-order valence-electron chi connectivity index (χ3n) is 6.66. The lowest BCUT2D eigenvalue weighted by molar-refractivity contribution is -0.140. The van der Waals surface area contributed by atoms with Crippen LogP contribution < -0.4 is 9.47 Å². The van der Waals surface area contributed by atoms with Gasteiger partial charge in [-0.15, -0.1) is 0 Å². The Hall–Kier alpha value is -3.21. The van der Waals surface area contributed by atoms with Crippen LogP contribution in [-0.2, 0) is 16.2 Å². The summed E-state index contributed by atoms with van der Waals surface area (Å²) in [7, 11) is 0. The molecule has 1 aliphatic heterocycles. The van der Waals surface area contributed by atoms with E-state index in [1.54, 1.807) is 24.3 Å². The average Bonchev–Trinajstić information content (AvgIpc) is 3.52. The van der Waals surface area contributed by atoms with Crippen LogP contribution in [-0.4, -0.2) is 40.7 Å². The van der Waals surface area contributed by atoms with E-state index in [0.29, 0.717) is 29.2 Å². The van der Waals surface area contributed by atoms with Crippen molar-refractivity contribution < 1.29 is 29.0 Å². The summed E-state index contributed by atoms with van der Waals surface area (Å²) in [5.41, 5.74) is 1.57. The summed E-state index contributed by atoms with van der Waals surface area (Å²) in [6.07, 6.45) is 6.48. The smallest absolute Gasteiger partial charge is 0.335 e. The number of fused-ring (bicyclic) bond motifs is 5. The summed E-state index contributed by atoms with van der Waals surface area (Å²) in [6.45, 7) is 2.43. The van der Waals surface area contributed by atoms with E-state index in [9.17, 15) is 19.5 Å². The number of carboxylic acids is 1. The van der Waals surface area contributed by atoms with Gasteiger partial charge in [0.1, 0.15) is 6.61 Å². The molecule has 4 atom stereocenters. The number of hydrogen-bond acceptors (Lipinski definition) is 6. The Morgan fingerprint density at radius 2 is 1.86 bits per heavy atom. The van der Waals surface area contributed by atoms with Crippen molar-refractivity contribution in [3.8, 4) is 11.5 Å². The minimum atomic E-state index is -0.998. The molecule has 2 bridgehead atoms. The van der Waals surface area contributed by atoms with Gasteiger partial charge in [-0.25, -0.2) is 4.79 Å². The predicted octanol–water partition coefficient (Wildman–Crippen LogP) is 4.11. The van der Waals surface area contributed by atoms with E-state index in [1.165, 1.54) is 12.3 Å². The molecule has 9 heteroatoms. The highest BCUT2D eigenvalue weighted by atomic mass is 127. The number of carboxylic acid groups (broad SMARTS) is 1. The fourth-order valence-corrected chi connectivity index (χ4v) is 5.92. The maximum Gasteiger partial charge on any atom is 0.335 e. The molecule has 2 aromatic carbocycles. The van der Waals surface area contributed by atoms with Crippen LogP contribution in [0.4, 0.5) is 0 Å². The Kier molecular flexibility index (Phi) is 6.35. The van der Waals surface area contributed by atoms with Gasteiger partial charge < -0.3 is 14.6 Å². The lowest BCUT2D eigenvalue weighted by atomic mass is 9.85. The zero-order chi connectivity index (χ0) is 24.7. The van der Waals surface area contributed by atoms with Gasteiger partial charge in [0, 0.05) is 0 Å². The fourth-order valence-electron chi connectivity index (χ4n) is 5.14. The Morgan fingerprint density at radius 3 is 2.51 bits per heavy atom. The predicted molar refractivity (Wildman–Crippen MR) is 135 cm³/mol. The van der Waals surface area contributed by atoms with Gasteiger partial charge in [-0.05, 0) is 83.2 Å². The van der Waals surface area contributed by atoms with E-state index in [0.717, 1.165) is 15.0 Å². The van der Waals surface area contributed by atoms with Crippen molar-refractivity contribution in [3.05, 3.63) is 68.8 Å². The number of hydrogen-bond donors (Lipinski definition) is 1. The van der Waals surface area contributed by atoms with E-state index in [-0.39, 0.29) is 47.7 Å². The molecule has 0 unspecified atom stereocenters. The molecule has 3 aliphatic rings. The van der Waals surface area contributed by atoms with Crippen LogP contribution in [0.25, 0.3) is 0 Å². The number of carbonyl (C=O) groups is 3. The second kappa shape index (κ2) is 9.44. The highest BCUT2D eigenvalue weighted by Gasteiger charge is 2.59. The van der Waals surface area contributed by atoms with Crippen LogP contribution in [0.15, 0.2) is 53.7 Å². The zero-order valence-corrected chi connectivity index (χ0v) is 21.0. The lowest BCUT2D eigenvalue weighted by Crippen LogP contribution is -2.28. The number of benzene rings is 2. The number of allylic oxidation sites excluding steroid dienone is 2. The number of imide groups is 1. The van der Waals surface area contributed by atoms with Crippen LogP contribution in [0.2, 0.25) is 0 Å². The molecule has 5 rings (SSSR count). The van der Waals surface area contributed by atoms with Gasteiger partial charge in [-0.1, -0.05) is 24.3 Å². The van der Waals surface area contributed by atoms with Crippen LogP contribution in [0.3, 0.4) is 0 Å². The molecule has 1 N–H and O–H groups in total. The topological polar surface area (TPSA) is 106 Å². The van der Waals surface area contributed by atoms with Crippen molar-refractivity contribution in [1.29, 1.82) is 0 Å². The average molecular weight is 586 g/mol. The Bertz CT molecular complexity index is 1240. The van der Waals surface area contributed by atoms with Crippen molar-refractivity contribution in [2.75, 3.05) is 6.61 Å². The normalized spacial score (nSPS) is 24.5. The van der Waals surface area contributed by atoms with Crippen molar-refractivity contribution in [3.63, 3.8) is 0 Å². The molecule has 8 nitrogen and oxygen atoms in total. The molecule has 0 aromatic heterocycles. The van der Waals surface area contributed by atoms with Gasteiger partial charge in [-0.3, -0.25) is 9.59 Å². The first-order valence-corrected chi connectivity index (χ1v) is 12.5. The Morgan fingerprint density at radius 1 is 1.14 bits per heavy atom. The van der Waals surface area contributed by atoms with Gasteiger partial charge in [0.05, 0.1) is 33.8 Å². The molecule has 2 fully saturated rings. The first-order chi connectivity index (χ1) is 16.9. The summed E-state index contributed by atoms with van der Waals surface area (Å²) >= 11 is 2.13. The molecular weight excluding hydrogens is 563 g/mol. The lowest BCUT2D eigenvalue weighted by Gasteiger charge is -2.15.